The molecule has 0 bridgehead atoms. The van der Waals surface area contributed by atoms with Crippen LogP contribution in [0.5, 0.6) is 0 Å². The zero-order chi connectivity index (χ0) is 13.5. The van der Waals surface area contributed by atoms with Crippen molar-refractivity contribution in [2.24, 2.45) is 0 Å². The molecule has 0 saturated carbocycles. The van der Waals surface area contributed by atoms with Gasteiger partial charge in [0.05, 0.1) is 6.61 Å². The SMILES string of the molecule is CCOC(=O)C(=O)c1ccc(N(CC)CC)cc1. The minimum Gasteiger partial charge on any atom is -0.460 e. The molecule has 0 radical (unpaired) electrons. The van der Waals surface area contributed by atoms with Crippen molar-refractivity contribution in [2.75, 3.05) is 24.6 Å². The second-order valence-corrected chi connectivity index (χ2v) is 3.77. The minimum absolute atomic E-state index is 0.210. The van der Waals surface area contributed by atoms with Crippen LogP contribution in [-0.4, -0.2) is 31.4 Å². The number of carbonyl (C=O) groups excluding carboxylic acids is 2. The average molecular weight is 249 g/mol. The Morgan fingerprint density at radius 1 is 1.06 bits per heavy atom. The first-order valence-corrected chi connectivity index (χ1v) is 6.20. The van der Waals surface area contributed by atoms with E-state index >= 15 is 0 Å². The molecule has 0 atom stereocenters. The Bertz CT molecular complexity index is 408. The first-order chi connectivity index (χ1) is 8.63. The average Bonchev–Trinajstić information content (AvgIpc) is 2.40. The number of Topliss-reactive ketones (excluding diaryl/α,β-unsaturated/α-hetero) is 1. The third-order valence-electron chi connectivity index (χ3n) is 2.72. The summed E-state index contributed by atoms with van der Waals surface area (Å²) in [5.41, 5.74) is 1.41. The van der Waals surface area contributed by atoms with Crippen LogP contribution in [0.4, 0.5) is 5.69 Å². The van der Waals surface area contributed by atoms with Gasteiger partial charge in [-0.25, -0.2) is 4.79 Å². The third kappa shape index (κ3) is 3.32. The monoisotopic (exact) mass is 249 g/mol. The number of benzene rings is 1. The Morgan fingerprint density at radius 3 is 2.06 bits per heavy atom. The van der Waals surface area contributed by atoms with Crippen molar-refractivity contribution < 1.29 is 14.3 Å². The maximum absolute atomic E-state index is 11.7. The fraction of sp³-hybridized carbons (Fsp3) is 0.429. The fourth-order valence-corrected chi connectivity index (χ4v) is 1.73. The van der Waals surface area contributed by atoms with Gasteiger partial charge in [0, 0.05) is 24.3 Å². The van der Waals surface area contributed by atoms with E-state index in [1.165, 1.54) is 0 Å². The summed E-state index contributed by atoms with van der Waals surface area (Å²) in [6, 6.07) is 7.01. The van der Waals surface area contributed by atoms with Crippen LogP contribution in [0, 0.1) is 0 Å². The summed E-state index contributed by atoms with van der Waals surface area (Å²) >= 11 is 0. The van der Waals surface area contributed by atoms with E-state index in [0.29, 0.717) is 5.56 Å². The summed E-state index contributed by atoms with van der Waals surface area (Å²) in [6.07, 6.45) is 0. The van der Waals surface area contributed by atoms with Crippen molar-refractivity contribution in [2.45, 2.75) is 20.8 Å². The molecule has 0 aliphatic carbocycles. The van der Waals surface area contributed by atoms with Gasteiger partial charge in [-0.3, -0.25) is 4.79 Å². The van der Waals surface area contributed by atoms with Crippen LogP contribution < -0.4 is 4.90 Å². The lowest BCUT2D eigenvalue weighted by molar-refractivity contribution is -0.137. The molecule has 18 heavy (non-hydrogen) atoms. The molecule has 4 nitrogen and oxygen atoms in total. The Labute approximate surface area is 108 Å². The van der Waals surface area contributed by atoms with Crippen molar-refractivity contribution in [3.8, 4) is 0 Å². The number of hydrogen-bond donors (Lipinski definition) is 0. The number of ether oxygens (including phenoxy) is 1. The Kier molecular flexibility index (Phi) is 5.36. The maximum atomic E-state index is 11.7. The molecule has 0 unspecified atom stereocenters. The highest BCUT2D eigenvalue weighted by Crippen LogP contribution is 2.15. The van der Waals surface area contributed by atoms with Crippen LogP contribution in [0.2, 0.25) is 0 Å². The first kappa shape index (κ1) is 14.2. The predicted octanol–water partition coefficient (Wildman–Crippen LogP) is 2.28. The molecule has 0 heterocycles. The highest BCUT2D eigenvalue weighted by Gasteiger charge is 2.17. The zero-order valence-corrected chi connectivity index (χ0v) is 11.1. The summed E-state index contributed by atoms with van der Waals surface area (Å²) in [5.74, 6) is -1.39. The first-order valence-electron chi connectivity index (χ1n) is 6.20. The molecular formula is C14H19NO3. The van der Waals surface area contributed by atoms with E-state index < -0.39 is 11.8 Å². The molecule has 0 aliphatic heterocycles. The van der Waals surface area contributed by atoms with Gasteiger partial charge >= 0.3 is 5.97 Å². The van der Waals surface area contributed by atoms with Crippen LogP contribution in [-0.2, 0) is 9.53 Å². The Balaban J connectivity index is 2.82. The van der Waals surface area contributed by atoms with E-state index in [-0.39, 0.29) is 6.61 Å². The predicted molar refractivity (Wildman–Crippen MR) is 71.0 cm³/mol. The topological polar surface area (TPSA) is 46.6 Å². The van der Waals surface area contributed by atoms with Crippen molar-refractivity contribution >= 4 is 17.4 Å². The highest BCUT2D eigenvalue weighted by molar-refractivity contribution is 6.40. The molecule has 0 N–H and O–H groups in total. The smallest absolute Gasteiger partial charge is 0.379 e. The van der Waals surface area contributed by atoms with E-state index in [2.05, 4.69) is 23.5 Å². The summed E-state index contributed by atoms with van der Waals surface area (Å²) in [5, 5.41) is 0. The third-order valence-corrected chi connectivity index (χ3v) is 2.72. The number of carbonyl (C=O) groups is 2. The number of nitrogens with zero attached hydrogens (tertiary/aromatic N) is 1. The molecule has 4 heteroatoms. The largest absolute Gasteiger partial charge is 0.460 e. The summed E-state index contributed by atoms with van der Waals surface area (Å²) in [6.45, 7) is 7.84. The van der Waals surface area contributed by atoms with Gasteiger partial charge in [-0.2, -0.15) is 0 Å². The standard InChI is InChI=1S/C14H19NO3/c1-4-15(5-2)12-9-7-11(8-10-12)13(16)14(17)18-6-3/h7-10H,4-6H2,1-3H3. The summed E-state index contributed by atoms with van der Waals surface area (Å²) in [7, 11) is 0. The van der Waals surface area contributed by atoms with Crippen LogP contribution in [0.1, 0.15) is 31.1 Å². The number of hydrogen-bond acceptors (Lipinski definition) is 4. The molecule has 1 rings (SSSR count). The van der Waals surface area contributed by atoms with Crippen molar-refractivity contribution in [3.05, 3.63) is 29.8 Å². The fourth-order valence-electron chi connectivity index (χ4n) is 1.73. The van der Waals surface area contributed by atoms with Gasteiger partial charge in [-0.05, 0) is 45.0 Å². The number of esters is 1. The molecule has 1 aromatic carbocycles. The van der Waals surface area contributed by atoms with Crippen molar-refractivity contribution in [1.29, 1.82) is 0 Å². The lowest BCUT2D eigenvalue weighted by atomic mass is 10.1. The molecule has 1 aromatic rings. The van der Waals surface area contributed by atoms with E-state index in [4.69, 9.17) is 0 Å². The molecule has 0 spiro atoms. The molecule has 0 aliphatic rings. The van der Waals surface area contributed by atoms with Crippen LogP contribution in [0.3, 0.4) is 0 Å². The van der Waals surface area contributed by atoms with Gasteiger partial charge < -0.3 is 9.64 Å². The van der Waals surface area contributed by atoms with Crippen LogP contribution >= 0.6 is 0 Å². The van der Waals surface area contributed by atoms with Gasteiger partial charge in [0.15, 0.2) is 0 Å². The number of ketones is 1. The molecule has 0 amide bonds. The summed E-state index contributed by atoms with van der Waals surface area (Å²) < 4.78 is 4.68. The lowest BCUT2D eigenvalue weighted by Crippen LogP contribution is -2.22. The second-order valence-electron chi connectivity index (χ2n) is 3.77. The molecular weight excluding hydrogens is 230 g/mol. The molecule has 0 fully saturated rings. The van der Waals surface area contributed by atoms with Gasteiger partial charge in [-0.15, -0.1) is 0 Å². The van der Waals surface area contributed by atoms with Crippen LogP contribution in [0.15, 0.2) is 24.3 Å². The molecule has 0 saturated heterocycles. The van der Waals surface area contributed by atoms with Gasteiger partial charge in [0.1, 0.15) is 0 Å². The van der Waals surface area contributed by atoms with E-state index in [0.717, 1.165) is 18.8 Å². The van der Waals surface area contributed by atoms with E-state index in [1.54, 1.807) is 19.1 Å². The summed E-state index contributed by atoms with van der Waals surface area (Å²) in [4.78, 5) is 25.1. The second kappa shape index (κ2) is 6.79. The van der Waals surface area contributed by atoms with E-state index in [9.17, 15) is 9.59 Å². The molecule has 0 aromatic heterocycles. The van der Waals surface area contributed by atoms with Crippen molar-refractivity contribution in [3.63, 3.8) is 0 Å². The van der Waals surface area contributed by atoms with Crippen molar-refractivity contribution in [1.82, 2.24) is 0 Å². The van der Waals surface area contributed by atoms with Crippen LogP contribution in [0.25, 0.3) is 0 Å². The Hall–Kier alpha value is -1.84. The zero-order valence-electron chi connectivity index (χ0n) is 11.1. The van der Waals surface area contributed by atoms with Gasteiger partial charge in [0.25, 0.3) is 5.78 Å². The lowest BCUT2D eigenvalue weighted by Gasteiger charge is -2.20. The van der Waals surface area contributed by atoms with Gasteiger partial charge in [-0.1, -0.05) is 0 Å². The normalized spacial score (nSPS) is 9.94. The van der Waals surface area contributed by atoms with Gasteiger partial charge in [0.2, 0.25) is 0 Å². The maximum Gasteiger partial charge on any atom is 0.379 e. The highest BCUT2D eigenvalue weighted by atomic mass is 16.5. The quantitative estimate of drug-likeness (QED) is 0.441. The number of anilines is 1. The minimum atomic E-state index is -0.798. The number of rotatable bonds is 6. The van der Waals surface area contributed by atoms with E-state index in [1.807, 2.05) is 12.1 Å². The Morgan fingerprint density at radius 2 is 1.61 bits per heavy atom. The molecule has 98 valence electrons.